The molecule has 1 aliphatic rings. The number of pyridine rings is 1. The second-order valence-corrected chi connectivity index (χ2v) is 6.17. The number of amides is 1. The summed E-state index contributed by atoms with van der Waals surface area (Å²) in [6.07, 6.45) is -3.40. The number of rotatable bonds is 2. The number of carbonyl (C=O) groups is 1. The van der Waals surface area contributed by atoms with Crippen LogP contribution in [-0.2, 0) is 0 Å². The number of aromatic amines is 1. The van der Waals surface area contributed by atoms with Gasteiger partial charge in [0.1, 0.15) is 5.56 Å². The van der Waals surface area contributed by atoms with E-state index >= 15 is 0 Å². The summed E-state index contributed by atoms with van der Waals surface area (Å²) in [5.74, 6) is -2.03. The van der Waals surface area contributed by atoms with Crippen molar-refractivity contribution in [2.75, 3.05) is 0 Å². The maximum absolute atomic E-state index is 12.8. The zero-order valence-electron chi connectivity index (χ0n) is 12.8. The summed E-state index contributed by atoms with van der Waals surface area (Å²) >= 11 is 0. The number of hydrogen-bond donors (Lipinski definition) is 2. The fourth-order valence-electron chi connectivity index (χ4n) is 3.20. The van der Waals surface area contributed by atoms with E-state index in [9.17, 15) is 22.8 Å². The molecule has 2 N–H and O–H groups in total. The van der Waals surface area contributed by atoms with Crippen molar-refractivity contribution in [1.29, 1.82) is 0 Å². The molecule has 1 aromatic carbocycles. The molecule has 2 aromatic rings. The number of benzene rings is 1. The van der Waals surface area contributed by atoms with Gasteiger partial charge >= 0.3 is 6.18 Å². The van der Waals surface area contributed by atoms with E-state index in [0.717, 1.165) is 0 Å². The van der Waals surface area contributed by atoms with Crippen molar-refractivity contribution < 1.29 is 18.0 Å². The average molecular weight is 338 g/mol. The summed E-state index contributed by atoms with van der Waals surface area (Å²) in [6.45, 7) is 0. The minimum Gasteiger partial charge on any atom is -0.349 e. The molecule has 1 fully saturated rings. The van der Waals surface area contributed by atoms with Crippen LogP contribution in [0.5, 0.6) is 0 Å². The highest BCUT2D eigenvalue weighted by Gasteiger charge is 2.42. The predicted molar refractivity (Wildman–Crippen MR) is 83.8 cm³/mol. The first-order valence-corrected chi connectivity index (χ1v) is 7.84. The highest BCUT2D eigenvalue weighted by Crippen LogP contribution is 2.37. The zero-order valence-corrected chi connectivity index (χ0v) is 12.8. The molecule has 0 radical (unpaired) electrons. The minimum absolute atomic E-state index is 0.0807. The van der Waals surface area contributed by atoms with E-state index in [1.165, 1.54) is 6.07 Å². The van der Waals surface area contributed by atoms with Crippen molar-refractivity contribution in [2.45, 2.75) is 37.9 Å². The lowest BCUT2D eigenvalue weighted by Crippen LogP contribution is -2.42. The van der Waals surface area contributed by atoms with E-state index in [4.69, 9.17) is 0 Å². The minimum atomic E-state index is -4.25. The number of halogens is 3. The molecule has 1 saturated carbocycles. The monoisotopic (exact) mass is 338 g/mol. The summed E-state index contributed by atoms with van der Waals surface area (Å²) in [6, 6.07) is 7.90. The van der Waals surface area contributed by atoms with E-state index in [-0.39, 0.29) is 18.4 Å². The van der Waals surface area contributed by atoms with Crippen LogP contribution < -0.4 is 10.9 Å². The Bertz CT molecular complexity index is 813. The van der Waals surface area contributed by atoms with Crippen LogP contribution in [0.3, 0.4) is 0 Å². The van der Waals surface area contributed by atoms with Crippen molar-refractivity contribution in [1.82, 2.24) is 10.3 Å². The number of alkyl halides is 3. The largest absolute Gasteiger partial charge is 0.391 e. The lowest BCUT2D eigenvalue weighted by atomic mass is 9.85. The van der Waals surface area contributed by atoms with E-state index in [0.29, 0.717) is 23.7 Å². The van der Waals surface area contributed by atoms with Crippen molar-refractivity contribution in [3.05, 3.63) is 46.2 Å². The van der Waals surface area contributed by atoms with E-state index < -0.39 is 29.6 Å². The molecule has 24 heavy (non-hydrogen) atoms. The van der Waals surface area contributed by atoms with Gasteiger partial charge in [0.15, 0.2) is 0 Å². The van der Waals surface area contributed by atoms with Crippen LogP contribution in [0.2, 0.25) is 0 Å². The molecule has 0 aliphatic heterocycles. The topological polar surface area (TPSA) is 62.0 Å². The molecule has 1 amide bonds. The Morgan fingerprint density at radius 3 is 2.71 bits per heavy atom. The highest BCUT2D eigenvalue weighted by molar-refractivity contribution is 5.97. The Hall–Kier alpha value is -2.31. The number of aromatic nitrogens is 1. The van der Waals surface area contributed by atoms with Gasteiger partial charge in [-0.1, -0.05) is 24.6 Å². The van der Waals surface area contributed by atoms with Crippen LogP contribution in [0.25, 0.3) is 10.9 Å². The molecule has 2 atom stereocenters. The number of fused-ring (bicyclic) bond motifs is 1. The lowest BCUT2D eigenvalue weighted by Gasteiger charge is -2.30. The molecule has 4 nitrogen and oxygen atoms in total. The third kappa shape index (κ3) is 3.44. The van der Waals surface area contributed by atoms with E-state index in [2.05, 4.69) is 10.3 Å². The number of para-hydroxylation sites is 1. The molecule has 1 aliphatic carbocycles. The molecular formula is C17H17F3N2O2. The molecule has 1 aromatic heterocycles. The van der Waals surface area contributed by atoms with Crippen LogP contribution in [0.15, 0.2) is 35.1 Å². The fraction of sp³-hybridized carbons (Fsp3) is 0.412. The maximum atomic E-state index is 12.8. The van der Waals surface area contributed by atoms with Crippen LogP contribution >= 0.6 is 0 Å². The Morgan fingerprint density at radius 2 is 1.96 bits per heavy atom. The quantitative estimate of drug-likeness (QED) is 0.882. The predicted octanol–water partition coefficient (Wildman–Crippen LogP) is 3.38. The van der Waals surface area contributed by atoms with E-state index in [1.54, 1.807) is 24.3 Å². The second kappa shape index (κ2) is 6.30. The number of hydrogen-bond acceptors (Lipinski definition) is 2. The summed E-state index contributed by atoms with van der Waals surface area (Å²) in [4.78, 5) is 27.0. The molecule has 0 saturated heterocycles. The van der Waals surface area contributed by atoms with Gasteiger partial charge in [0.25, 0.3) is 11.5 Å². The van der Waals surface area contributed by atoms with Gasteiger partial charge in [0.2, 0.25) is 0 Å². The van der Waals surface area contributed by atoms with Gasteiger partial charge in [-0.3, -0.25) is 9.59 Å². The summed E-state index contributed by atoms with van der Waals surface area (Å²) in [5, 5.41) is 3.28. The summed E-state index contributed by atoms with van der Waals surface area (Å²) in [5.41, 5.74) is -0.0222. The van der Waals surface area contributed by atoms with E-state index in [1.807, 2.05) is 0 Å². The molecule has 128 valence electrons. The molecular weight excluding hydrogens is 321 g/mol. The third-order valence-electron chi connectivity index (χ3n) is 4.47. The SMILES string of the molecule is O=C(NC1CCCC(C(F)(F)F)C1)c1cc2ccccc2[nH]c1=O. The Balaban J connectivity index is 1.77. The third-order valence-corrected chi connectivity index (χ3v) is 4.47. The van der Waals surface area contributed by atoms with Gasteiger partial charge in [-0.25, -0.2) is 0 Å². The smallest absolute Gasteiger partial charge is 0.349 e. The van der Waals surface area contributed by atoms with Crippen LogP contribution in [0.4, 0.5) is 13.2 Å². The van der Waals surface area contributed by atoms with Gasteiger partial charge < -0.3 is 10.3 Å². The molecule has 0 spiro atoms. The van der Waals surface area contributed by atoms with Gasteiger partial charge in [-0.2, -0.15) is 13.2 Å². The summed E-state index contributed by atoms with van der Waals surface area (Å²) < 4.78 is 38.5. The van der Waals surface area contributed by atoms with Crippen LogP contribution in [-0.4, -0.2) is 23.1 Å². The molecule has 3 rings (SSSR count). The van der Waals surface area contributed by atoms with Crippen molar-refractivity contribution in [3.63, 3.8) is 0 Å². The average Bonchev–Trinajstić information content (AvgIpc) is 2.53. The summed E-state index contributed by atoms with van der Waals surface area (Å²) in [7, 11) is 0. The normalized spacial score (nSPS) is 21.6. The zero-order chi connectivity index (χ0) is 17.3. The fourth-order valence-corrected chi connectivity index (χ4v) is 3.20. The van der Waals surface area contributed by atoms with Gasteiger partial charge in [-0.15, -0.1) is 0 Å². The molecule has 2 unspecified atom stereocenters. The number of nitrogens with one attached hydrogen (secondary N) is 2. The molecule has 0 bridgehead atoms. The molecule has 7 heteroatoms. The Labute approximate surface area is 136 Å². The highest BCUT2D eigenvalue weighted by atomic mass is 19.4. The van der Waals surface area contributed by atoms with Crippen LogP contribution in [0.1, 0.15) is 36.0 Å². The van der Waals surface area contributed by atoms with Crippen molar-refractivity contribution in [2.24, 2.45) is 5.92 Å². The first-order chi connectivity index (χ1) is 11.3. The maximum Gasteiger partial charge on any atom is 0.391 e. The Morgan fingerprint density at radius 1 is 1.21 bits per heavy atom. The van der Waals surface area contributed by atoms with Gasteiger partial charge in [0.05, 0.1) is 5.92 Å². The second-order valence-electron chi connectivity index (χ2n) is 6.17. The lowest BCUT2D eigenvalue weighted by molar-refractivity contribution is -0.183. The molecule has 1 heterocycles. The van der Waals surface area contributed by atoms with Crippen molar-refractivity contribution in [3.8, 4) is 0 Å². The standard InChI is InChI=1S/C17H17F3N2O2/c18-17(19,20)11-5-3-6-12(9-11)21-15(23)13-8-10-4-1-2-7-14(10)22-16(13)24/h1-2,4,7-8,11-12H,3,5-6,9H2,(H,21,23)(H,22,24). The number of carbonyl (C=O) groups excluding carboxylic acids is 1. The first kappa shape index (κ1) is 16.5. The Kier molecular flexibility index (Phi) is 4.34. The van der Waals surface area contributed by atoms with Gasteiger partial charge in [0, 0.05) is 11.6 Å². The first-order valence-electron chi connectivity index (χ1n) is 7.84. The number of H-pyrrole nitrogens is 1. The van der Waals surface area contributed by atoms with Crippen molar-refractivity contribution >= 4 is 16.8 Å². The van der Waals surface area contributed by atoms with Gasteiger partial charge in [-0.05, 0) is 36.8 Å². The van der Waals surface area contributed by atoms with Crippen LogP contribution in [0, 0.1) is 5.92 Å².